The average Bonchev–Trinajstić information content (AvgIpc) is 2.42. The summed E-state index contributed by atoms with van der Waals surface area (Å²) in [7, 11) is 2.38. The Balaban J connectivity index is 2.23. The maximum Gasteiger partial charge on any atom is 0.118 e. The summed E-state index contributed by atoms with van der Waals surface area (Å²) in [4.78, 5) is 0.854. The fourth-order valence-corrected chi connectivity index (χ4v) is 2.55. The van der Waals surface area contributed by atoms with Gasteiger partial charge in [0.05, 0.1) is 24.5 Å². The predicted molar refractivity (Wildman–Crippen MR) is 73.6 cm³/mol. The minimum Gasteiger partial charge on any atom is -0.497 e. The molecule has 0 heterocycles. The van der Waals surface area contributed by atoms with E-state index in [0.29, 0.717) is 12.4 Å². The van der Waals surface area contributed by atoms with Crippen LogP contribution in [0.3, 0.4) is 0 Å². The summed E-state index contributed by atoms with van der Waals surface area (Å²) in [5, 5.41) is 3.23. The van der Waals surface area contributed by atoms with Crippen molar-refractivity contribution in [1.82, 2.24) is 5.32 Å². The first kappa shape index (κ1) is 15.1. The number of hydrogen-bond donors (Lipinski definition) is 1. The highest BCUT2D eigenvalue weighted by Crippen LogP contribution is 2.14. The summed E-state index contributed by atoms with van der Waals surface area (Å²) in [6, 6.07) is 7.38. The lowest BCUT2D eigenvalue weighted by Crippen LogP contribution is -2.21. The Morgan fingerprint density at radius 3 is 2.50 bits per heavy atom. The number of rotatable bonds is 9. The minimum atomic E-state index is -0.928. The van der Waals surface area contributed by atoms with Crippen LogP contribution in [0.25, 0.3) is 0 Å². The van der Waals surface area contributed by atoms with Crippen LogP contribution in [0.5, 0.6) is 5.75 Å². The monoisotopic (exact) mass is 271 g/mol. The number of ether oxygens (including phenoxy) is 2. The molecule has 0 spiro atoms. The molecule has 0 aliphatic rings. The fourth-order valence-electron chi connectivity index (χ4n) is 1.47. The van der Waals surface area contributed by atoms with Crippen LogP contribution < -0.4 is 10.1 Å². The molecule has 5 heteroatoms. The number of hydrogen-bond acceptors (Lipinski definition) is 4. The molecular weight excluding hydrogens is 250 g/mol. The van der Waals surface area contributed by atoms with Crippen molar-refractivity contribution < 1.29 is 13.7 Å². The van der Waals surface area contributed by atoms with Gasteiger partial charge in [-0.2, -0.15) is 0 Å². The van der Waals surface area contributed by atoms with Crippen molar-refractivity contribution in [2.24, 2.45) is 0 Å². The Hall–Kier alpha value is -0.910. The first-order valence-electron chi connectivity index (χ1n) is 6.00. The number of methoxy groups -OCH3 is 2. The molecule has 0 aliphatic heterocycles. The first-order valence-corrected chi connectivity index (χ1v) is 7.32. The standard InChI is InChI=1S/C13H21NO3S/c1-16-10-9-14-8-3-11-18(15)13-6-4-12(17-2)5-7-13/h4-7,14H,3,8-11H2,1-2H3. The zero-order valence-electron chi connectivity index (χ0n) is 11.0. The van der Waals surface area contributed by atoms with E-state index >= 15 is 0 Å². The van der Waals surface area contributed by atoms with Gasteiger partial charge in [-0.25, -0.2) is 0 Å². The van der Waals surface area contributed by atoms with E-state index in [1.54, 1.807) is 14.2 Å². The maximum absolute atomic E-state index is 12.0. The van der Waals surface area contributed by atoms with Crippen molar-refractivity contribution in [3.05, 3.63) is 24.3 Å². The average molecular weight is 271 g/mol. The Labute approximate surface area is 111 Å². The van der Waals surface area contributed by atoms with E-state index in [-0.39, 0.29) is 0 Å². The highest BCUT2D eigenvalue weighted by Gasteiger charge is 2.03. The Kier molecular flexibility index (Phi) is 7.64. The third kappa shape index (κ3) is 5.62. The van der Waals surface area contributed by atoms with Crippen LogP contribution in [0.15, 0.2) is 29.2 Å². The van der Waals surface area contributed by atoms with Crippen LogP contribution >= 0.6 is 0 Å². The zero-order valence-corrected chi connectivity index (χ0v) is 11.8. The second-order valence-electron chi connectivity index (χ2n) is 3.82. The van der Waals surface area contributed by atoms with Gasteiger partial charge in [0.25, 0.3) is 0 Å². The van der Waals surface area contributed by atoms with E-state index in [9.17, 15) is 4.21 Å². The normalized spacial score (nSPS) is 12.3. The van der Waals surface area contributed by atoms with Gasteiger partial charge in [0, 0.05) is 24.3 Å². The molecule has 1 N–H and O–H groups in total. The highest BCUT2D eigenvalue weighted by molar-refractivity contribution is 7.85. The van der Waals surface area contributed by atoms with Crippen molar-refractivity contribution in [3.8, 4) is 5.75 Å². The molecule has 0 amide bonds. The van der Waals surface area contributed by atoms with Crippen LogP contribution in [0.4, 0.5) is 0 Å². The van der Waals surface area contributed by atoms with Crippen LogP contribution in [0.2, 0.25) is 0 Å². The van der Waals surface area contributed by atoms with Crippen molar-refractivity contribution >= 4 is 10.8 Å². The molecule has 1 atom stereocenters. The summed E-state index contributed by atoms with van der Waals surface area (Å²) in [5.41, 5.74) is 0. The largest absolute Gasteiger partial charge is 0.497 e. The number of benzene rings is 1. The molecule has 102 valence electrons. The van der Waals surface area contributed by atoms with E-state index in [1.165, 1.54) is 0 Å². The van der Waals surface area contributed by atoms with Crippen molar-refractivity contribution in [2.45, 2.75) is 11.3 Å². The fraction of sp³-hybridized carbons (Fsp3) is 0.538. The molecule has 1 rings (SSSR count). The van der Waals surface area contributed by atoms with E-state index in [1.807, 2.05) is 24.3 Å². The quantitative estimate of drug-likeness (QED) is 0.690. The molecule has 1 aromatic carbocycles. The van der Waals surface area contributed by atoms with Gasteiger partial charge in [0.1, 0.15) is 5.75 Å². The van der Waals surface area contributed by atoms with Gasteiger partial charge < -0.3 is 14.8 Å². The van der Waals surface area contributed by atoms with E-state index < -0.39 is 10.8 Å². The van der Waals surface area contributed by atoms with E-state index in [0.717, 1.165) is 30.2 Å². The predicted octanol–water partition coefficient (Wildman–Crippen LogP) is 1.43. The molecule has 0 fully saturated rings. The topological polar surface area (TPSA) is 47.6 Å². The number of nitrogens with one attached hydrogen (secondary N) is 1. The lowest BCUT2D eigenvalue weighted by molar-refractivity contribution is 0.199. The van der Waals surface area contributed by atoms with Crippen LogP contribution in [0.1, 0.15) is 6.42 Å². The van der Waals surface area contributed by atoms with E-state index in [2.05, 4.69) is 5.32 Å². The van der Waals surface area contributed by atoms with Gasteiger partial charge in [-0.05, 0) is 37.2 Å². The summed E-state index contributed by atoms with van der Waals surface area (Å²) >= 11 is 0. The smallest absolute Gasteiger partial charge is 0.118 e. The molecular formula is C13H21NO3S. The molecule has 0 saturated carbocycles. The molecule has 0 bridgehead atoms. The van der Waals surface area contributed by atoms with Gasteiger partial charge >= 0.3 is 0 Å². The lowest BCUT2D eigenvalue weighted by atomic mass is 10.3. The second-order valence-corrected chi connectivity index (χ2v) is 5.39. The molecule has 18 heavy (non-hydrogen) atoms. The molecule has 1 unspecified atom stereocenters. The van der Waals surface area contributed by atoms with Gasteiger partial charge in [0.2, 0.25) is 0 Å². The molecule has 0 radical (unpaired) electrons. The molecule has 1 aromatic rings. The van der Waals surface area contributed by atoms with Crippen molar-refractivity contribution in [2.75, 3.05) is 39.7 Å². The van der Waals surface area contributed by atoms with Gasteiger partial charge in [-0.3, -0.25) is 4.21 Å². The molecule has 0 aliphatic carbocycles. The Bertz CT molecular complexity index is 354. The molecule has 4 nitrogen and oxygen atoms in total. The maximum atomic E-state index is 12.0. The summed E-state index contributed by atoms with van der Waals surface area (Å²) in [6.07, 6.45) is 0.891. The van der Waals surface area contributed by atoms with E-state index in [4.69, 9.17) is 9.47 Å². The highest BCUT2D eigenvalue weighted by atomic mass is 32.2. The third-order valence-electron chi connectivity index (χ3n) is 2.49. The molecule has 0 saturated heterocycles. The summed E-state index contributed by atoms with van der Waals surface area (Å²) < 4.78 is 21.9. The van der Waals surface area contributed by atoms with Crippen LogP contribution in [0, 0.1) is 0 Å². The zero-order chi connectivity index (χ0) is 13.2. The summed E-state index contributed by atoms with van der Waals surface area (Å²) in [5.74, 6) is 1.46. The SMILES string of the molecule is COCCNCCCS(=O)c1ccc(OC)cc1. The van der Waals surface area contributed by atoms with Crippen LogP contribution in [-0.2, 0) is 15.5 Å². The second kappa shape index (κ2) is 9.08. The lowest BCUT2D eigenvalue weighted by Gasteiger charge is -2.05. The van der Waals surface area contributed by atoms with Crippen molar-refractivity contribution in [3.63, 3.8) is 0 Å². The molecule has 0 aromatic heterocycles. The van der Waals surface area contributed by atoms with Gasteiger partial charge in [-0.15, -0.1) is 0 Å². The van der Waals surface area contributed by atoms with Gasteiger partial charge in [-0.1, -0.05) is 0 Å². The third-order valence-corrected chi connectivity index (χ3v) is 3.95. The van der Waals surface area contributed by atoms with Crippen molar-refractivity contribution in [1.29, 1.82) is 0 Å². The minimum absolute atomic E-state index is 0.673. The Morgan fingerprint density at radius 2 is 1.89 bits per heavy atom. The first-order chi connectivity index (χ1) is 8.77. The Morgan fingerprint density at radius 1 is 1.17 bits per heavy atom. The van der Waals surface area contributed by atoms with Gasteiger partial charge in [0.15, 0.2) is 0 Å². The summed E-state index contributed by atoms with van der Waals surface area (Å²) in [6.45, 7) is 2.42. The van der Waals surface area contributed by atoms with Crippen LogP contribution in [-0.4, -0.2) is 43.9 Å².